The number of H-pyrrole nitrogens is 1. The van der Waals surface area contributed by atoms with Gasteiger partial charge in [-0.15, -0.1) is 0 Å². The smallest absolute Gasteiger partial charge is 0.308 e. The molecule has 2 heterocycles. The predicted molar refractivity (Wildman–Crippen MR) is 70.7 cm³/mol. The number of aromatic nitrogens is 2. The number of likely N-dealkylation sites (tertiary alicyclic amines) is 1. The average molecular weight is 263 g/mol. The van der Waals surface area contributed by atoms with Crippen LogP contribution in [0.2, 0.25) is 0 Å². The number of hydrogen-bond donors (Lipinski definition) is 2. The van der Waals surface area contributed by atoms with Crippen LogP contribution >= 0.6 is 0 Å². The summed E-state index contributed by atoms with van der Waals surface area (Å²) in [6.45, 7) is 6.45. The highest BCUT2D eigenvalue weighted by Crippen LogP contribution is 2.44. The molecule has 0 aromatic carbocycles. The highest BCUT2D eigenvalue weighted by atomic mass is 16.4. The molecule has 0 unspecified atom stereocenters. The van der Waals surface area contributed by atoms with Gasteiger partial charge in [0.25, 0.3) is 0 Å². The van der Waals surface area contributed by atoms with Gasteiger partial charge in [-0.25, -0.2) is 0 Å². The van der Waals surface area contributed by atoms with Crippen LogP contribution in [0.1, 0.15) is 29.8 Å². The van der Waals surface area contributed by atoms with Crippen molar-refractivity contribution < 1.29 is 9.90 Å². The normalized spacial score (nSPS) is 27.9. The largest absolute Gasteiger partial charge is 0.481 e. The van der Waals surface area contributed by atoms with Crippen LogP contribution in [-0.2, 0) is 11.3 Å². The van der Waals surface area contributed by atoms with Crippen molar-refractivity contribution >= 4 is 5.97 Å². The van der Waals surface area contributed by atoms with Crippen LogP contribution in [0.25, 0.3) is 0 Å². The molecule has 3 rings (SSSR count). The number of carboxylic acids is 1. The molecule has 2 aliphatic rings. The molecule has 2 fully saturated rings. The van der Waals surface area contributed by atoms with Crippen LogP contribution in [0, 0.1) is 31.6 Å². The van der Waals surface area contributed by atoms with Gasteiger partial charge in [0.15, 0.2) is 0 Å². The maximum atomic E-state index is 11.4. The number of aryl methyl sites for hydroxylation is 2. The first-order chi connectivity index (χ1) is 9.06. The molecule has 1 saturated heterocycles. The molecule has 5 heteroatoms. The molecule has 0 radical (unpaired) electrons. The van der Waals surface area contributed by atoms with Gasteiger partial charge < -0.3 is 5.11 Å². The average Bonchev–Trinajstić information content (AvgIpc) is 3.05. The number of aromatic amines is 1. The van der Waals surface area contributed by atoms with Gasteiger partial charge in [0.1, 0.15) is 0 Å². The van der Waals surface area contributed by atoms with Gasteiger partial charge in [0, 0.05) is 30.9 Å². The molecule has 5 nitrogen and oxygen atoms in total. The molecule has 0 spiro atoms. The van der Waals surface area contributed by atoms with Gasteiger partial charge in [0.2, 0.25) is 0 Å². The van der Waals surface area contributed by atoms with Crippen molar-refractivity contribution in [2.45, 2.75) is 33.2 Å². The van der Waals surface area contributed by atoms with Gasteiger partial charge in [-0.1, -0.05) is 0 Å². The second-order valence-corrected chi connectivity index (χ2v) is 6.05. The van der Waals surface area contributed by atoms with E-state index in [1.54, 1.807) is 0 Å². The molecule has 1 aliphatic heterocycles. The van der Waals surface area contributed by atoms with Gasteiger partial charge in [-0.05, 0) is 38.5 Å². The second-order valence-electron chi connectivity index (χ2n) is 6.05. The van der Waals surface area contributed by atoms with Gasteiger partial charge in [-0.3, -0.25) is 14.8 Å². The van der Waals surface area contributed by atoms with Crippen LogP contribution in [0.3, 0.4) is 0 Å². The Morgan fingerprint density at radius 3 is 2.68 bits per heavy atom. The number of aliphatic carboxylic acids is 1. The lowest BCUT2D eigenvalue weighted by Crippen LogP contribution is -2.24. The highest BCUT2D eigenvalue weighted by Gasteiger charge is 2.45. The minimum absolute atomic E-state index is 0.181. The van der Waals surface area contributed by atoms with Crippen LogP contribution in [0.5, 0.6) is 0 Å². The molecule has 19 heavy (non-hydrogen) atoms. The number of hydrogen-bond acceptors (Lipinski definition) is 3. The van der Waals surface area contributed by atoms with Crippen LogP contribution < -0.4 is 0 Å². The molecule has 1 aliphatic carbocycles. The zero-order chi connectivity index (χ0) is 13.6. The molecule has 0 amide bonds. The van der Waals surface area contributed by atoms with E-state index in [1.807, 2.05) is 13.8 Å². The summed E-state index contributed by atoms with van der Waals surface area (Å²) in [6, 6.07) is 0. The molecule has 1 aromatic heterocycles. The summed E-state index contributed by atoms with van der Waals surface area (Å²) >= 11 is 0. The molecule has 2 N–H and O–H groups in total. The first kappa shape index (κ1) is 12.7. The van der Waals surface area contributed by atoms with E-state index < -0.39 is 5.97 Å². The highest BCUT2D eigenvalue weighted by molar-refractivity contribution is 5.71. The van der Waals surface area contributed by atoms with Crippen molar-refractivity contribution in [3.63, 3.8) is 0 Å². The third-order valence-electron chi connectivity index (χ3n) is 4.65. The maximum absolute atomic E-state index is 11.4. The topological polar surface area (TPSA) is 69.2 Å². The lowest BCUT2D eigenvalue weighted by atomic mass is 9.92. The Morgan fingerprint density at radius 1 is 1.42 bits per heavy atom. The van der Waals surface area contributed by atoms with Gasteiger partial charge in [-0.2, -0.15) is 5.10 Å². The molecule has 104 valence electrons. The Balaban J connectivity index is 1.71. The minimum atomic E-state index is -0.625. The summed E-state index contributed by atoms with van der Waals surface area (Å²) in [4.78, 5) is 13.7. The number of rotatable bonds is 4. The van der Waals surface area contributed by atoms with Crippen LogP contribution in [-0.4, -0.2) is 39.3 Å². The van der Waals surface area contributed by atoms with Gasteiger partial charge in [0.05, 0.1) is 11.6 Å². The Kier molecular flexibility index (Phi) is 3.09. The summed E-state index contributed by atoms with van der Waals surface area (Å²) in [7, 11) is 0. The summed E-state index contributed by atoms with van der Waals surface area (Å²) in [5, 5.41) is 16.6. The zero-order valence-corrected chi connectivity index (χ0v) is 11.5. The van der Waals surface area contributed by atoms with Crippen LogP contribution in [0.15, 0.2) is 0 Å². The number of carbonyl (C=O) groups is 1. The quantitative estimate of drug-likeness (QED) is 0.865. The summed E-state index contributed by atoms with van der Waals surface area (Å²) in [6.07, 6.45) is 2.43. The summed E-state index contributed by atoms with van der Waals surface area (Å²) in [5.74, 6) is 0.197. The minimum Gasteiger partial charge on any atom is -0.481 e. The van der Waals surface area contributed by atoms with E-state index in [-0.39, 0.29) is 5.92 Å². The van der Waals surface area contributed by atoms with Crippen molar-refractivity contribution in [1.82, 2.24) is 15.1 Å². The van der Waals surface area contributed by atoms with Crippen molar-refractivity contribution in [2.75, 3.05) is 13.1 Å². The van der Waals surface area contributed by atoms with Crippen molar-refractivity contribution in [3.8, 4) is 0 Å². The molecule has 1 saturated carbocycles. The van der Waals surface area contributed by atoms with Crippen molar-refractivity contribution in [1.29, 1.82) is 0 Å². The molecular weight excluding hydrogens is 242 g/mol. The molecule has 2 atom stereocenters. The fraction of sp³-hybridized carbons (Fsp3) is 0.714. The van der Waals surface area contributed by atoms with E-state index in [0.29, 0.717) is 18.4 Å². The van der Waals surface area contributed by atoms with Crippen molar-refractivity contribution in [2.24, 2.45) is 17.8 Å². The number of carboxylic acid groups (broad SMARTS) is 1. The van der Waals surface area contributed by atoms with E-state index in [2.05, 4.69) is 15.1 Å². The Hall–Kier alpha value is -1.36. The fourth-order valence-corrected chi connectivity index (χ4v) is 3.34. The van der Waals surface area contributed by atoms with Gasteiger partial charge >= 0.3 is 5.97 Å². The Labute approximate surface area is 113 Å². The summed E-state index contributed by atoms with van der Waals surface area (Å²) < 4.78 is 0. The van der Waals surface area contributed by atoms with Crippen molar-refractivity contribution in [3.05, 3.63) is 17.0 Å². The number of nitrogens with zero attached hydrogens (tertiary/aromatic N) is 2. The predicted octanol–water partition coefficient (Wildman–Crippen LogP) is 1.57. The first-order valence-electron chi connectivity index (χ1n) is 7.02. The van der Waals surface area contributed by atoms with E-state index in [9.17, 15) is 9.90 Å². The summed E-state index contributed by atoms with van der Waals surface area (Å²) in [5.41, 5.74) is 3.35. The molecule has 1 aromatic rings. The zero-order valence-electron chi connectivity index (χ0n) is 11.5. The Morgan fingerprint density at radius 2 is 2.16 bits per heavy atom. The first-order valence-corrected chi connectivity index (χ1v) is 7.02. The Bertz CT molecular complexity index is 473. The van der Waals surface area contributed by atoms with E-state index in [4.69, 9.17) is 0 Å². The third-order valence-corrected chi connectivity index (χ3v) is 4.65. The maximum Gasteiger partial charge on any atom is 0.308 e. The second kappa shape index (κ2) is 4.63. The third kappa shape index (κ3) is 2.39. The lowest BCUT2D eigenvalue weighted by molar-refractivity contribution is -0.142. The van der Waals surface area contributed by atoms with E-state index in [1.165, 1.54) is 18.4 Å². The molecule has 0 bridgehead atoms. The number of nitrogens with one attached hydrogen (secondary N) is 1. The lowest BCUT2D eigenvalue weighted by Gasteiger charge is -2.15. The SMILES string of the molecule is Cc1n[nH]c(C)c1CN1C[C@H](C(=O)O)[C@@H](C2CC2)C1. The fourth-order valence-electron chi connectivity index (χ4n) is 3.34. The molecular formula is C14H21N3O2. The van der Waals surface area contributed by atoms with E-state index >= 15 is 0 Å². The van der Waals surface area contributed by atoms with Crippen LogP contribution in [0.4, 0.5) is 0 Å². The van der Waals surface area contributed by atoms with E-state index in [0.717, 1.165) is 24.5 Å². The standard InChI is InChI=1S/C14H21N3O2/c1-8-11(9(2)16-15-8)5-17-6-12(10-3-4-10)13(7-17)14(18)19/h10,12-13H,3-7H2,1-2H3,(H,15,16)(H,18,19)/t12-,13+/m1/s1. The monoisotopic (exact) mass is 263 g/mol.